The minimum Gasteiger partial charge on any atom is -0.497 e. The van der Waals surface area contributed by atoms with E-state index in [9.17, 15) is 9.90 Å². The van der Waals surface area contributed by atoms with Crippen LogP contribution >= 0.6 is 11.3 Å². The number of thiophene rings is 1. The molecule has 1 atom stereocenters. The van der Waals surface area contributed by atoms with Crippen LogP contribution in [0, 0.1) is 0 Å². The van der Waals surface area contributed by atoms with Gasteiger partial charge in [0.15, 0.2) is 6.04 Å². The molecular weight excluding hydrogens is 250 g/mol. The minimum atomic E-state index is -0.903. The molecule has 0 aliphatic rings. The van der Waals surface area contributed by atoms with E-state index < -0.39 is 12.0 Å². The number of carboxylic acids is 1. The molecule has 2 N–H and O–H groups in total. The number of aliphatic carboxylic acids is 1. The Hall–Kier alpha value is -2.01. The Morgan fingerprint density at radius 1 is 1.39 bits per heavy atom. The third kappa shape index (κ3) is 2.81. The van der Waals surface area contributed by atoms with Gasteiger partial charge >= 0.3 is 5.97 Å². The third-order valence-electron chi connectivity index (χ3n) is 2.46. The summed E-state index contributed by atoms with van der Waals surface area (Å²) >= 11 is 1.41. The van der Waals surface area contributed by atoms with Gasteiger partial charge in [-0.1, -0.05) is 12.1 Å². The van der Waals surface area contributed by atoms with Gasteiger partial charge in [-0.25, -0.2) is 4.79 Å². The molecule has 2 rings (SSSR count). The van der Waals surface area contributed by atoms with E-state index in [2.05, 4.69) is 5.32 Å². The molecule has 4 nitrogen and oxygen atoms in total. The summed E-state index contributed by atoms with van der Waals surface area (Å²) < 4.78 is 5.10. The molecule has 0 spiro atoms. The molecule has 0 aliphatic heterocycles. The summed E-state index contributed by atoms with van der Waals surface area (Å²) in [7, 11) is 1.58. The number of ether oxygens (including phenoxy) is 1. The van der Waals surface area contributed by atoms with Crippen LogP contribution in [0.25, 0.3) is 0 Å². The molecule has 18 heavy (non-hydrogen) atoms. The Balaban J connectivity index is 2.21. The lowest BCUT2D eigenvalue weighted by atomic mass is 10.2. The highest BCUT2D eigenvalue weighted by molar-refractivity contribution is 7.10. The molecule has 2 aromatic rings. The van der Waals surface area contributed by atoms with Gasteiger partial charge in [-0.15, -0.1) is 11.3 Å². The van der Waals surface area contributed by atoms with Crippen molar-refractivity contribution < 1.29 is 14.6 Å². The first-order valence-electron chi connectivity index (χ1n) is 5.37. The second-order valence-corrected chi connectivity index (χ2v) is 4.64. The maximum Gasteiger partial charge on any atom is 0.331 e. The Bertz CT molecular complexity index is 525. The molecule has 1 unspecified atom stereocenters. The van der Waals surface area contributed by atoms with Crippen molar-refractivity contribution in [3.8, 4) is 5.75 Å². The number of anilines is 1. The molecule has 1 aromatic carbocycles. The largest absolute Gasteiger partial charge is 0.497 e. The Morgan fingerprint density at radius 3 is 2.83 bits per heavy atom. The number of benzene rings is 1. The maximum absolute atomic E-state index is 11.3. The van der Waals surface area contributed by atoms with E-state index in [0.717, 1.165) is 10.6 Å². The Morgan fingerprint density at radius 2 is 2.22 bits per heavy atom. The number of nitrogens with one attached hydrogen (secondary N) is 1. The van der Waals surface area contributed by atoms with Crippen LogP contribution in [0.3, 0.4) is 0 Å². The normalized spacial score (nSPS) is 11.8. The summed E-state index contributed by atoms with van der Waals surface area (Å²) in [5, 5.41) is 14.1. The van der Waals surface area contributed by atoms with E-state index in [1.54, 1.807) is 19.2 Å². The van der Waals surface area contributed by atoms with Gasteiger partial charge in [-0.2, -0.15) is 0 Å². The van der Waals surface area contributed by atoms with E-state index in [1.807, 2.05) is 29.6 Å². The predicted molar refractivity (Wildman–Crippen MR) is 71.3 cm³/mol. The molecule has 0 bridgehead atoms. The summed E-state index contributed by atoms with van der Waals surface area (Å²) in [5.74, 6) is -0.212. The van der Waals surface area contributed by atoms with Crippen LogP contribution in [0.5, 0.6) is 5.75 Å². The van der Waals surface area contributed by atoms with Gasteiger partial charge in [0.25, 0.3) is 0 Å². The van der Waals surface area contributed by atoms with E-state index in [4.69, 9.17) is 4.74 Å². The van der Waals surface area contributed by atoms with Crippen molar-refractivity contribution in [2.45, 2.75) is 6.04 Å². The van der Waals surface area contributed by atoms with Gasteiger partial charge in [0.05, 0.1) is 7.11 Å². The van der Waals surface area contributed by atoms with Crippen LogP contribution in [0.4, 0.5) is 5.69 Å². The van der Waals surface area contributed by atoms with Gasteiger partial charge in [-0.3, -0.25) is 0 Å². The lowest BCUT2D eigenvalue weighted by Gasteiger charge is -2.14. The van der Waals surface area contributed by atoms with Crippen LogP contribution in [0.1, 0.15) is 10.9 Å². The molecule has 1 heterocycles. The molecule has 0 fully saturated rings. The highest BCUT2D eigenvalue weighted by atomic mass is 32.1. The topological polar surface area (TPSA) is 58.6 Å². The van der Waals surface area contributed by atoms with Crippen LogP contribution in [-0.2, 0) is 4.79 Å². The van der Waals surface area contributed by atoms with Crippen molar-refractivity contribution >= 4 is 23.0 Å². The molecule has 0 aliphatic carbocycles. The summed E-state index contributed by atoms with van der Waals surface area (Å²) in [6, 6.07) is 10.1. The fraction of sp³-hybridized carbons (Fsp3) is 0.154. The first-order valence-corrected chi connectivity index (χ1v) is 6.25. The average Bonchev–Trinajstić information content (AvgIpc) is 2.89. The fourth-order valence-corrected chi connectivity index (χ4v) is 2.36. The number of carboxylic acid groups (broad SMARTS) is 1. The molecule has 5 heteroatoms. The summed E-state index contributed by atoms with van der Waals surface area (Å²) in [6.07, 6.45) is 0. The summed E-state index contributed by atoms with van der Waals surface area (Å²) in [5.41, 5.74) is 0.718. The monoisotopic (exact) mass is 263 g/mol. The highest BCUT2D eigenvalue weighted by Gasteiger charge is 2.20. The number of rotatable bonds is 5. The molecular formula is C13H13NO3S. The van der Waals surface area contributed by atoms with E-state index in [-0.39, 0.29) is 0 Å². The fourth-order valence-electron chi connectivity index (χ4n) is 1.59. The van der Waals surface area contributed by atoms with Crippen molar-refractivity contribution in [3.05, 3.63) is 46.7 Å². The van der Waals surface area contributed by atoms with Gasteiger partial charge in [0, 0.05) is 16.6 Å². The summed E-state index contributed by atoms with van der Waals surface area (Å²) in [4.78, 5) is 12.0. The molecule has 1 aromatic heterocycles. The zero-order valence-electron chi connectivity index (χ0n) is 9.79. The molecule has 0 amide bonds. The van der Waals surface area contributed by atoms with Gasteiger partial charge in [-0.05, 0) is 23.6 Å². The minimum absolute atomic E-state index is 0.690. The smallest absolute Gasteiger partial charge is 0.331 e. The number of hydrogen-bond donors (Lipinski definition) is 2. The predicted octanol–water partition coefficient (Wildman–Crippen LogP) is 2.99. The van der Waals surface area contributed by atoms with E-state index in [1.165, 1.54) is 11.3 Å². The second kappa shape index (κ2) is 5.55. The van der Waals surface area contributed by atoms with Crippen LogP contribution < -0.4 is 10.1 Å². The number of carbonyl (C=O) groups is 1. The van der Waals surface area contributed by atoms with Crippen molar-refractivity contribution in [2.24, 2.45) is 0 Å². The zero-order valence-corrected chi connectivity index (χ0v) is 10.6. The SMILES string of the molecule is COc1cccc(NC(C(=O)O)c2cccs2)c1. The first-order chi connectivity index (χ1) is 8.70. The van der Waals surface area contributed by atoms with Gasteiger partial charge < -0.3 is 15.2 Å². The lowest BCUT2D eigenvalue weighted by molar-refractivity contribution is -0.138. The quantitative estimate of drug-likeness (QED) is 0.870. The van der Waals surface area contributed by atoms with Gasteiger partial charge in [0.1, 0.15) is 5.75 Å². The molecule has 0 radical (unpaired) electrons. The standard InChI is InChI=1S/C13H13NO3S/c1-17-10-5-2-4-9(8-10)14-12(13(15)16)11-6-3-7-18-11/h2-8,12,14H,1H3,(H,15,16). The second-order valence-electron chi connectivity index (χ2n) is 3.66. The van der Waals surface area contributed by atoms with Crippen molar-refractivity contribution in [1.82, 2.24) is 0 Å². The number of methoxy groups -OCH3 is 1. The van der Waals surface area contributed by atoms with Crippen molar-refractivity contribution in [3.63, 3.8) is 0 Å². The van der Waals surface area contributed by atoms with Crippen LogP contribution in [0.15, 0.2) is 41.8 Å². The average molecular weight is 263 g/mol. The molecule has 0 saturated heterocycles. The lowest BCUT2D eigenvalue weighted by Crippen LogP contribution is -2.19. The number of hydrogen-bond acceptors (Lipinski definition) is 4. The van der Waals surface area contributed by atoms with Crippen LogP contribution in [0.2, 0.25) is 0 Å². The van der Waals surface area contributed by atoms with E-state index in [0.29, 0.717) is 5.75 Å². The van der Waals surface area contributed by atoms with Crippen molar-refractivity contribution in [1.29, 1.82) is 0 Å². The summed E-state index contributed by atoms with van der Waals surface area (Å²) in [6.45, 7) is 0. The Kier molecular flexibility index (Phi) is 3.84. The highest BCUT2D eigenvalue weighted by Crippen LogP contribution is 2.25. The zero-order chi connectivity index (χ0) is 13.0. The first kappa shape index (κ1) is 12.4. The molecule has 0 saturated carbocycles. The van der Waals surface area contributed by atoms with E-state index >= 15 is 0 Å². The van der Waals surface area contributed by atoms with Gasteiger partial charge in [0.2, 0.25) is 0 Å². The maximum atomic E-state index is 11.3. The van der Waals surface area contributed by atoms with Crippen molar-refractivity contribution in [2.75, 3.05) is 12.4 Å². The Labute approximate surface area is 109 Å². The van der Waals surface area contributed by atoms with Crippen LogP contribution in [-0.4, -0.2) is 18.2 Å². The third-order valence-corrected chi connectivity index (χ3v) is 3.39. The molecule has 94 valence electrons.